The van der Waals surface area contributed by atoms with E-state index in [1.807, 2.05) is 18.2 Å². The predicted molar refractivity (Wildman–Crippen MR) is 136 cm³/mol. The first-order valence-corrected chi connectivity index (χ1v) is 10.4. The molecule has 0 amide bonds. The summed E-state index contributed by atoms with van der Waals surface area (Å²) in [6.45, 7) is 5.11. The molecule has 0 saturated carbocycles. The van der Waals surface area contributed by atoms with Gasteiger partial charge in [0.25, 0.3) is 0 Å². The minimum atomic E-state index is 0. The van der Waals surface area contributed by atoms with E-state index in [-0.39, 0.29) is 30.0 Å². The number of fused-ring (bicyclic) bond motifs is 1. The largest absolute Gasteiger partial charge is 0.372 e. The number of hydrogen-bond acceptors (Lipinski definition) is 3. The molecule has 1 aliphatic rings. The third-order valence-electron chi connectivity index (χ3n) is 5.71. The lowest BCUT2D eigenvalue weighted by molar-refractivity contribution is 0.672. The highest BCUT2D eigenvalue weighted by Crippen LogP contribution is 2.24. The van der Waals surface area contributed by atoms with Crippen LogP contribution in [0.1, 0.15) is 37.2 Å². The lowest BCUT2D eigenvalue weighted by Gasteiger charge is -2.22. The molecule has 1 unspecified atom stereocenters. The fourth-order valence-electron chi connectivity index (χ4n) is 3.97. The second-order valence-corrected chi connectivity index (χ2v) is 7.66. The lowest BCUT2D eigenvalue weighted by atomic mass is 10.1. The Morgan fingerprint density at radius 2 is 1.90 bits per heavy atom. The van der Waals surface area contributed by atoms with Crippen molar-refractivity contribution in [3.8, 4) is 0 Å². The van der Waals surface area contributed by atoms with Crippen LogP contribution in [0.2, 0.25) is 0 Å². The molecule has 2 heterocycles. The van der Waals surface area contributed by atoms with Gasteiger partial charge >= 0.3 is 0 Å². The highest BCUT2D eigenvalue weighted by molar-refractivity contribution is 14.0. The third-order valence-corrected chi connectivity index (χ3v) is 5.71. The Hall–Kier alpha value is -2.29. The Labute approximate surface area is 195 Å². The Morgan fingerprint density at radius 1 is 1.13 bits per heavy atom. The van der Waals surface area contributed by atoms with Crippen LogP contribution in [-0.2, 0) is 13.6 Å². The van der Waals surface area contributed by atoms with E-state index in [9.17, 15) is 0 Å². The van der Waals surface area contributed by atoms with E-state index in [0.29, 0.717) is 6.54 Å². The van der Waals surface area contributed by atoms with Crippen LogP contribution >= 0.6 is 24.0 Å². The van der Waals surface area contributed by atoms with Crippen molar-refractivity contribution in [2.45, 2.75) is 32.4 Å². The Morgan fingerprint density at radius 3 is 2.63 bits per heavy atom. The van der Waals surface area contributed by atoms with Crippen molar-refractivity contribution in [1.29, 1.82) is 0 Å². The number of para-hydroxylation sites is 2. The molecule has 160 valence electrons. The van der Waals surface area contributed by atoms with Crippen LogP contribution < -0.4 is 15.5 Å². The van der Waals surface area contributed by atoms with Crippen LogP contribution in [0.15, 0.2) is 53.5 Å². The summed E-state index contributed by atoms with van der Waals surface area (Å²) in [6, 6.07) is 17.2. The number of nitrogens with zero attached hydrogens (tertiary/aromatic N) is 4. The number of rotatable bonds is 5. The SMILES string of the molecule is CN=C(NCc1nc2ccccc2n1C)NC(C)c1cccc(N2CCCC2)c1.I. The van der Waals surface area contributed by atoms with Gasteiger partial charge in [-0.2, -0.15) is 0 Å². The maximum Gasteiger partial charge on any atom is 0.191 e. The number of imidazole rings is 1. The average Bonchev–Trinajstić information content (AvgIpc) is 3.40. The average molecular weight is 518 g/mol. The lowest BCUT2D eigenvalue weighted by Crippen LogP contribution is -2.38. The zero-order valence-electron chi connectivity index (χ0n) is 17.9. The maximum atomic E-state index is 4.72. The fraction of sp³-hybridized carbons (Fsp3) is 0.391. The molecule has 2 N–H and O–H groups in total. The van der Waals surface area contributed by atoms with Gasteiger partial charge in [-0.1, -0.05) is 24.3 Å². The molecule has 3 aromatic rings. The molecule has 4 rings (SSSR count). The van der Waals surface area contributed by atoms with E-state index in [0.717, 1.165) is 35.9 Å². The number of aryl methyl sites for hydroxylation is 1. The molecule has 1 fully saturated rings. The summed E-state index contributed by atoms with van der Waals surface area (Å²) in [5.41, 5.74) is 4.73. The van der Waals surface area contributed by atoms with Gasteiger partial charge in [0.2, 0.25) is 0 Å². The summed E-state index contributed by atoms with van der Waals surface area (Å²) in [5, 5.41) is 6.91. The van der Waals surface area contributed by atoms with Crippen molar-refractivity contribution in [3.05, 3.63) is 59.9 Å². The predicted octanol–water partition coefficient (Wildman–Crippen LogP) is 4.22. The number of aromatic nitrogens is 2. The Bertz CT molecular complexity index is 1010. The summed E-state index contributed by atoms with van der Waals surface area (Å²) >= 11 is 0. The van der Waals surface area contributed by atoms with Gasteiger partial charge in [-0.25, -0.2) is 4.98 Å². The van der Waals surface area contributed by atoms with Gasteiger partial charge in [-0.3, -0.25) is 4.99 Å². The monoisotopic (exact) mass is 518 g/mol. The summed E-state index contributed by atoms with van der Waals surface area (Å²) in [4.78, 5) is 11.6. The maximum absolute atomic E-state index is 4.72. The van der Waals surface area contributed by atoms with Crippen molar-refractivity contribution in [2.24, 2.45) is 12.0 Å². The molecule has 6 nitrogen and oxygen atoms in total. The minimum Gasteiger partial charge on any atom is -0.372 e. The molecule has 0 radical (unpaired) electrons. The van der Waals surface area contributed by atoms with Crippen LogP contribution in [0.25, 0.3) is 11.0 Å². The second-order valence-electron chi connectivity index (χ2n) is 7.66. The molecule has 0 spiro atoms. The van der Waals surface area contributed by atoms with Crippen molar-refractivity contribution in [2.75, 3.05) is 25.0 Å². The molecule has 1 aromatic heterocycles. The van der Waals surface area contributed by atoms with Gasteiger partial charge in [0.15, 0.2) is 5.96 Å². The Kier molecular flexibility index (Phi) is 7.58. The number of benzene rings is 2. The number of anilines is 1. The van der Waals surface area contributed by atoms with Crippen LogP contribution in [0.5, 0.6) is 0 Å². The van der Waals surface area contributed by atoms with E-state index in [4.69, 9.17) is 4.98 Å². The molecular formula is C23H31IN6. The van der Waals surface area contributed by atoms with Crippen molar-refractivity contribution >= 4 is 46.7 Å². The van der Waals surface area contributed by atoms with E-state index < -0.39 is 0 Å². The summed E-state index contributed by atoms with van der Waals surface area (Å²) in [7, 11) is 3.85. The second kappa shape index (κ2) is 10.1. The first-order chi connectivity index (χ1) is 14.2. The normalized spacial score (nSPS) is 15.2. The Balaban J connectivity index is 0.00000256. The number of guanidine groups is 1. The molecule has 1 atom stereocenters. The number of halogens is 1. The van der Waals surface area contributed by atoms with Crippen molar-refractivity contribution in [1.82, 2.24) is 20.2 Å². The first-order valence-electron chi connectivity index (χ1n) is 10.4. The van der Waals surface area contributed by atoms with Crippen LogP contribution in [0.3, 0.4) is 0 Å². The smallest absolute Gasteiger partial charge is 0.191 e. The standard InChI is InChI=1S/C23H30N6.HI/c1-17(18-9-8-10-19(15-18)29-13-6-7-14-29)26-23(24-2)25-16-22-27-20-11-4-5-12-21(20)28(22)3;/h4-5,8-12,15,17H,6-7,13-14,16H2,1-3H3,(H2,24,25,26);1H. The summed E-state index contributed by atoms with van der Waals surface area (Å²) in [5.74, 6) is 1.76. The van der Waals surface area contributed by atoms with Gasteiger partial charge in [0.05, 0.1) is 23.6 Å². The van der Waals surface area contributed by atoms with Gasteiger partial charge in [-0.05, 0) is 49.6 Å². The summed E-state index contributed by atoms with van der Waals surface area (Å²) < 4.78 is 2.12. The molecule has 1 saturated heterocycles. The zero-order chi connectivity index (χ0) is 20.2. The quantitative estimate of drug-likeness (QED) is 0.302. The van der Waals surface area contributed by atoms with E-state index >= 15 is 0 Å². The summed E-state index contributed by atoms with van der Waals surface area (Å²) in [6.07, 6.45) is 2.58. The highest BCUT2D eigenvalue weighted by Gasteiger charge is 2.15. The number of aliphatic imine (C=N–C) groups is 1. The minimum absolute atomic E-state index is 0. The van der Waals surface area contributed by atoms with Crippen LogP contribution in [0, 0.1) is 0 Å². The molecule has 1 aliphatic heterocycles. The molecule has 0 aliphatic carbocycles. The molecule has 0 bridgehead atoms. The number of nitrogens with one attached hydrogen (secondary N) is 2. The molecule has 2 aromatic carbocycles. The zero-order valence-corrected chi connectivity index (χ0v) is 20.3. The first kappa shape index (κ1) is 22.4. The van der Waals surface area contributed by atoms with Crippen molar-refractivity contribution < 1.29 is 0 Å². The van der Waals surface area contributed by atoms with Gasteiger partial charge in [-0.15, -0.1) is 24.0 Å². The number of hydrogen-bond donors (Lipinski definition) is 2. The van der Waals surface area contributed by atoms with E-state index in [1.165, 1.54) is 24.1 Å². The molecule has 30 heavy (non-hydrogen) atoms. The van der Waals surface area contributed by atoms with Crippen LogP contribution in [0.4, 0.5) is 5.69 Å². The van der Waals surface area contributed by atoms with E-state index in [2.05, 4.69) is 69.4 Å². The highest BCUT2D eigenvalue weighted by atomic mass is 127. The molecular weight excluding hydrogens is 487 g/mol. The van der Waals surface area contributed by atoms with Gasteiger partial charge in [0, 0.05) is 32.9 Å². The fourth-order valence-corrected chi connectivity index (χ4v) is 3.97. The van der Waals surface area contributed by atoms with Gasteiger partial charge in [0.1, 0.15) is 5.82 Å². The van der Waals surface area contributed by atoms with E-state index in [1.54, 1.807) is 7.05 Å². The van der Waals surface area contributed by atoms with Crippen LogP contribution in [-0.4, -0.2) is 35.6 Å². The third kappa shape index (κ3) is 4.88. The molecule has 7 heteroatoms. The van der Waals surface area contributed by atoms with Gasteiger partial charge < -0.3 is 20.1 Å². The van der Waals surface area contributed by atoms with Crippen molar-refractivity contribution in [3.63, 3.8) is 0 Å². The topological polar surface area (TPSA) is 57.5 Å².